The number of anilines is 1. The Balaban J connectivity index is 1.57. The predicted octanol–water partition coefficient (Wildman–Crippen LogP) is 3.32. The number of rotatable bonds is 5. The summed E-state index contributed by atoms with van der Waals surface area (Å²) in [6, 6.07) is 5.90. The molecule has 25 heavy (non-hydrogen) atoms. The number of aryl methyl sites for hydroxylation is 1. The van der Waals surface area contributed by atoms with Crippen LogP contribution in [-0.4, -0.2) is 41.6 Å². The fourth-order valence-electron chi connectivity index (χ4n) is 3.01. The van der Waals surface area contributed by atoms with Crippen molar-refractivity contribution >= 4 is 23.1 Å². The Hall–Kier alpha value is -1.92. The third kappa shape index (κ3) is 4.58. The van der Waals surface area contributed by atoms with Crippen molar-refractivity contribution in [2.45, 2.75) is 38.7 Å². The lowest BCUT2D eigenvalue weighted by Gasteiger charge is -2.33. The minimum atomic E-state index is 0.0651. The Labute approximate surface area is 152 Å². The zero-order chi connectivity index (χ0) is 17.8. The van der Waals surface area contributed by atoms with Crippen molar-refractivity contribution in [1.82, 2.24) is 9.88 Å². The summed E-state index contributed by atoms with van der Waals surface area (Å²) in [7, 11) is 0. The highest BCUT2D eigenvalue weighted by Gasteiger charge is 2.25. The number of hydrogen-bond acceptors (Lipinski definition) is 5. The summed E-state index contributed by atoms with van der Waals surface area (Å²) in [5.41, 5.74) is 7.68. The number of morpholine rings is 1. The molecule has 0 bridgehead atoms. The fraction of sp³-hybridized carbons (Fsp3) is 0.474. The molecule has 6 heteroatoms. The van der Waals surface area contributed by atoms with Crippen LogP contribution in [0.3, 0.4) is 0 Å². The van der Waals surface area contributed by atoms with Crippen molar-refractivity contribution in [2.24, 2.45) is 0 Å². The van der Waals surface area contributed by atoms with Crippen molar-refractivity contribution in [2.75, 3.05) is 25.4 Å². The fourth-order valence-corrected chi connectivity index (χ4v) is 3.91. The molecule has 1 aliphatic heterocycles. The maximum absolute atomic E-state index is 12.8. The molecule has 1 atom stereocenters. The lowest BCUT2D eigenvalue weighted by atomic mass is 10.1. The van der Waals surface area contributed by atoms with Gasteiger partial charge in [0.15, 0.2) is 0 Å². The number of carbonyl (C=O) groups is 1. The van der Waals surface area contributed by atoms with Crippen LogP contribution in [0.4, 0.5) is 5.82 Å². The number of aromatic nitrogens is 1. The average molecular weight is 359 g/mol. The van der Waals surface area contributed by atoms with Gasteiger partial charge in [-0.25, -0.2) is 4.98 Å². The van der Waals surface area contributed by atoms with Gasteiger partial charge in [-0.15, -0.1) is 11.3 Å². The van der Waals surface area contributed by atoms with Gasteiger partial charge in [0.1, 0.15) is 5.82 Å². The SMILES string of the molecule is CC(C)c1cc(C(=O)N2CCO[C@H](CCc3ccnc(N)c3)C2)cs1. The van der Waals surface area contributed by atoms with E-state index < -0.39 is 0 Å². The average Bonchev–Trinajstić information content (AvgIpc) is 3.10. The van der Waals surface area contributed by atoms with E-state index in [2.05, 4.69) is 18.8 Å². The lowest BCUT2D eigenvalue weighted by molar-refractivity contribution is -0.0245. The third-order valence-electron chi connectivity index (χ3n) is 4.46. The van der Waals surface area contributed by atoms with Crippen LogP contribution in [0.1, 0.15) is 47.0 Å². The molecule has 0 saturated carbocycles. The molecule has 0 unspecified atom stereocenters. The number of nitrogen functional groups attached to an aromatic ring is 1. The number of hydrogen-bond donors (Lipinski definition) is 1. The van der Waals surface area contributed by atoms with Gasteiger partial charge in [0.25, 0.3) is 5.91 Å². The van der Waals surface area contributed by atoms with Crippen LogP contribution < -0.4 is 5.73 Å². The zero-order valence-electron chi connectivity index (χ0n) is 14.8. The Morgan fingerprint density at radius 1 is 1.48 bits per heavy atom. The van der Waals surface area contributed by atoms with Crippen LogP contribution in [0.2, 0.25) is 0 Å². The number of carbonyl (C=O) groups excluding carboxylic acids is 1. The van der Waals surface area contributed by atoms with Crippen molar-refractivity contribution in [1.29, 1.82) is 0 Å². The number of amides is 1. The maximum atomic E-state index is 12.8. The molecule has 1 aliphatic rings. The predicted molar refractivity (Wildman–Crippen MR) is 101 cm³/mol. The number of nitrogens with zero attached hydrogens (tertiary/aromatic N) is 2. The molecular formula is C19H25N3O2S. The van der Waals surface area contributed by atoms with Gasteiger partial charge in [0, 0.05) is 29.5 Å². The largest absolute Gasteiger partial charge is 0.384 e. The Kier molecular flexibility index (Phi) is 5.71. The molecule has 5 nitrogen and oxygen atoms in total. The van der Waals surface area contributed by atoms with E-state index >= 15 is 0 Å². The van der Waals surface area contributed by atoms with Gasteiger partial charge < -0.3 is 15.4 Å². The third-order valence-corrected chi connectivity index (χ3v) is 5.70. The van der Waals surface area contributed by atoms with Crippen LogP contribution >= 0.6 is 11.3 Å². The van der Waals surface area contributed by atoms with Gasteiger partial charge in [-0.1, -0.05) is 13.8 Å². The molecule has 1 fully saturated rings. The summed E-state index contributed by atoms with van der Waals surface area (Å²) >= 11 is 1.66. The van der Waals surface area contributed by atoms with Crippen molar-refractivity contribution < 1.29 is 9.53 Å². The highest BCUT2D eigenvalue weighted by molar-refractivity contribution is 7.10. The second-order valence-electron chi connectivity index (χ2n) is 6.76. The molecule has 0 aliphatic carbocycles. The van der Waals surface area contributed by atoms with Crippen molar-refractivity contribution in [3.05, 3.63) is 45.8 Å². The highest BCUT2D eigenvalue weighted by Crippen LogP contribution is 2.24. The summed E-state index contributed by atoms with van der Waals surface area (Å²) in [5.74, 6) is 1.11. The molecule has 3 rings (SSSR count). The Bertz CT molecular complexity index is 729. The summed E-state index contributed by atoms with van der Waals surface area (Å²) in [5, 5.41) is 1.97. The van der Waals surface area contributed by atoms with E-state index in [-0.39, 0.29) is 12.0 Å². The first kappa shape index (κ1) is 17.9. The van der Waals surface area contributed by atoms with E-state index in [4.69, 9.17) is 10.5 Å². The van der Waals surface area contributed by atoms with Gasteiger partial charge >= 0.3 is 0 Å². The van der Waals surface area contributed by atoms with E-state index in [0.29, 0.717) is 31.4 Å². The van der Waals surface area contributed by atoms with Crippen molar-refractivity contribution in [3.8, 4) is 0 Å². The number of thiophene rings is 1. The smallest absolute Gasteiger partial charge is 0.254 e. The first-order valence-corrected chi connectivity index (χ1v) is 9.60. The topological polar surface area (TPSA) is 68.5 Å². The minimum Gasteiger partial charge on any atom is -0.384 e. The Morgan fingerprint density at radius 2 is 2.32 bits per heavy atom. The summed E-state index contributed by atoms with van der Waals surface area (Å²) in [6.45, 7) is 6.19. The van der Waals surface area contributed by atoms with Crippen LogP contribution in [0, 0.1) is 0 Å². The Morgan fingerprint density at radius 3 is 3.04 bits per heavy atom. The number of pyridine rings is 1. The standard InChI is InChI=1S/C19H25N3O2S/c1-13(2)17-10-15(12-25-17)19(23)22-7-8-24-16(11-22)4-3-14-5-6-21-18(20)9-14/h5-6,9-10,12-13,16H,3-4,7-8,11H2,1-2H3,(H2,20,21)/t16-/m1/s1. The second kappa shape index (κ2) is 7.97. The van der Waals surface area contributed by atoms with Crippen LogP contribution in [0.25, 0.3) is 0 Å². The molecule has 2 N–H and O–H groups in total. The molecule has 1 saturated heterocycles. The molecule has 0 aromatic carbocycles. The molecule has 1 amide bonds. The second-order valence-corrected chi connectivity index (χ2v) is 7.71. The molecule has 3 heterocycles. The molecule has 134 valence electrons. The van der Waals surface area contributed by atoms with Gasteiger partial charge in [-0.05, 0) is 42.5 Å². The summed E-state index contributed by atoms with van der Waals surface area (Å²) in [4.78, 5) is 19.9. The normalized spacial score (nSPS) is 17.9. The van der Waals surface area contributed by atoms with Gasteiger partial charge in [-0.3, -0.25) is 4.79 Å². The summed E-state index contributed by atoms with van der Waals surface area (Å²) in [6.07, 6.45) is 3.53. The van der Waals surface area contributed by atoms with Crippen molar-refractivity contribution in [3.63, 3.8) is 0 Å². The maximum Gasteiger partial charge on any atom is 0.254 e. The summed E-state index contributed by atoms with van der Waals surface area (Å²) < 4.78 is 5.85. The molecule has 2 aromatic heterocycles. The quantitative estimate of drug-likeness (QED) is 0.889. The highest BCUT2D eigenvalue weighted by atomic mass is 32.1. The van der Waals surface area contributed by atoms with Crippen LogP contribution in [-0.2, 0) is 11.2 Å². The molecule has 2 aromatic rings. The first-order chi connectivity index (χ1) is 12.0. The van der Waals surface area contributed by atoms with Gasteiger partial charge in [-0.2, -0.15) is 0 Å². The lowest BCUT2D eigenvalue weighted by Crippen LogP contribution is -2.45. The monoisotopic (exact) mass is 359 g/mol. The van der Waals surface area contributed by atoms with E-state index in [1.165, 1.54) is 4.88 Å². The zero-order valence-corrected chi connectivity index (χ0v) is 15.6. The van der Waals surface area contributed by atoms with E-state index in [1.807, 2.05) is 28.5 Å². The van der Waals surface area contributed by atoms with E-state index in [9.17, 15) is 4.79 Å². The number of ether oxygens (including phenoxy) is 1. The molecular weight excluding hydrogens is 334 g/mol. The first-order valence-electron chi connectivity index (χ1n) is 8.72. The van der Waals surface area contributed by atoms with Crippen LogP contribution in [0.5, 0.6) is 0 Å². The van der Waals surface area contributed by atoms with Gasteiger partial charge in [0.05, 0.1) is 18.3 Å². The van der Waals surface area contributed by atoms with Crippen LogP contribution in [0.15, 0.2) is 29.8 Å². The van der Waals surface area contributed by atoms with E-state index in [1.54, 1.807) is 17.5 Å². The number of nitrogens with two attached hydrogens (primary N) is 1. The van der Waals surface area contributed by atoms with Gasteiger partial charge in [0.2, 0.25) is 0 Å². The molecule has 0 spiro atoms. The van der Waals surface area contributed by atoms with E-state index in [0.717, 1.165) is 24.0 Å². The minimum absolute atomic E-state index is 0.0651. The molecule has 0 radical (unpaired) electrons.